The fraction of sp³-hybridized carbons (Fsp3) is 0.533. The molecule has 110 valence electrons. The van der Waals surface area contributed by atoms with Crippen molar-refractivity contribution in [3.8, 4) is 0 Å². The number of aliphatic hydroxyl groups excluding tert-OH is 1. The van der Waals surface area contributed by atoms with Crippen molar-refractivity contribution >= 4 is 11.6 Å². The number of nitrogens with zero attached hydrogens (tertiary/aromatic N) is 1. The summed E-state index contributed by atoms with van der Waals surface area (Å²) in [4.78, 5) is 4.46. The summed E-state index contributed by atoms with van der Waals surface area (Å²) in [6.07, 6.45) is 0.361. The van der Waals surface area contributed by atoms with Crippen LogP contribution >= 0.6 is 0 Å². The third-order valence-electron chi connectivity index (χ3n) is 4.04. The van der Waals surface area contributed by atoms with Crippen LogP contribution in [0.2, 0.25) is 0 Å². The lowest BCUT2D eigenvalue weighted by atomic mass is 9.65. The molecule has 1 aromatic carbocycles. The predicted octanol–water partition coefficient (Wildman–Crippen LogP) is 1.72. The van der Waals surface area contributed by atoms with Crippen molar-refractivity contribution in [1.82, 2.24) is 0 Å². The molecule has 0 aromatic heterocycles. The molecule has 0 aliphatic heterocycles. The highest BCUT2D eigenvalue weighted by Crippen LogP contribution is 2.42. The van der Waals surface area contributed by atoms with Gasteiger partial charge in [-0.2, -0.15) is 0 Å². The van der Waals surface area contributed by atoms with Gasteiger partial charge in [-0.1, -0.05) is 32.0 Å². The second kappa shape index (κ2) is 5.81. The molecule has 0 amide bonds. The summed E-state index contributed by atoms with van der Waals surface area (Å²) in [5, 5.41) is 12.8. The minimum atomic E-state index is -0.301. The number of benzene rings is 1. The van der Waals surface area contributed by atoms with Crippen LogP contribution in [0.25, 0.3) is 0 Å². The van der Waals surface area contributed by atoms with Crippen LogP contribution in [-0.2, 0) is 11.3 Å². The van der Waals surface area contributed by atoms with Gasteiger partial charge in [0.25, 0.3) is 0 Å². The van der Waals surface area contributed by atoms with Crippen LogP contribution < -0.4 is 11.1 Å². The summed E-state index contributed by atoms with van der Waals surface area (Å²) in [6, 6.07) is 7.87. The number of hydrogen-bond donors (Lipinski definition) is 3. The molecule has 2 rings (SSSR count). The Balaban J connectivity index is 2.07. The second-order valence-electron chi connectivity index (χ2n) is 5.82. The number of methoxy groups -OCH3 is 1. The fourth-order valence-corrected chi connectivity index (χ4v) is 2.36. The van der Waals surface area contributed by atoms with Gasteiger partial charge < -0.3 is 20.9 Å². The van der Waals surface area contributed by atoms with Gasteiger partial charge in [-0.3, -0.25) is 0 Å². The molecule has 1 aliphatic rings. The van der Waals surface area contributed by atoms with Crippen molar-refractivity contribution in [1.29, 1.82) is 0 Å². The van der Waals surface area contributed by atoms with Crippen molar-refractivity contribution in [2.24, 2.45) is 16.1 Å². The van der Waals surface area contributed by atoms with Gasteiger partial charge in [-0.15, -0.1) is 0 Å². The van der Waals surface area contributed by atoms with Gasteiger partial charge in [0.1, 0.15) is 0 Å². The molecule has 20 heavy (non-hydrogen) atoms. The molecule has 0 heterocycles. The van der Waals surface area contributed by atoms with E-state index in [1.54, 1.807) is 7.11 Å². The average Bonchev–Trinajstić information content (AvgIpc) is 2.41. The number of aliphatic imine (C=N–C) groups is 1. The van der Waals surface area contributed by atoms with E-state index in [2.05, 4.69) is 10.3 Å². The monoisotopic (exact) mass is 277 g/mol. The summed E-state index contributed by atoms with van der Waals surface area (Å²) in [5.41, 5.74) is 7.68. The van der Waals surface area contributed by atoms with Crippen molar-refractivity contribution in [3.63, 3.8) is 0 Å². The van der Waals surface area contributed by atoms with E-state index >= 15 is 0 Å². The van der Waals surface area contributed by atoms with Crippen LogP contribution in [0, 0.1) is 5.41 Å². The van der Waals surface area contributed by atoms with E-state index in [1.165, 1.54) is 0 Å². The topological polar surface area (TPSA) is 79.9 Å². The number of ether oxygens (including phenoxy) is 1. The Morgan fingerprint density at radius 1 is 1.50 bits per heavy atom. The highest BCUT2D eigenvalue weighted by molar-refractivity contribution is 5.93. The second-order valence-corrected chi connectivity index (χ2v) is 5.82. The van der Waals surface area contributed by atoms with Crippen molar-refractivity contribution in [2.75, 3.05) is 12.4 Å². The van der Waals surface area contributed by atoms with E-state index in [0.717, 1.165) is 11.3 Å². The zero-order valence-electron chi connectivity index (χ0n) is 12.3. The van der Waals surface area contributed by atoms with Gasteiger partial charge in [0.05, 0.1) is 18.8 Å². The van der Waals surface area contributed by atoms with Gasteiger partial charge in [-0.25, -0.2) is 4.99 Å². The normalized spacial score (nSPS) is 25.1. The highest BCUT2D eigenvalue weighted by Gasteiger charge is 2.47. The summed E-state index contributed by atoms with van der Waals surface area (Å²) in [5.74, 6) is 0.374. The first-order chi connectivity index (χ1) is 9.45. The quantitative estimate of drug-likeness (QED) is 0.578. The summed E-state index contributed by atoms with van der Waals surface area (Å²) in [7, 11) is 1.66. The number of nitrogens with one attached hydrogen (secondary N) is 1. The lowest BCUT2D eigenvalue weighted by Gasteiger charge is -2.46. The number of para-hydroxylation sites is 1. The standard InChI is InChI=1S/C15H23N3O2/c1-15(2)12(8-13(15)19)18-14(16)17-11-7-5-4-6-10(11)9-20-3/h4-7,12-13,19H,8-9H2,1-3H3,(H3,16,17,18). The fourth-order valence-electron chi connectivity index (χ4n) is 2.36. The van der Waals surface area contributed by atoms with E-state index in [0.29, 0.717) is 19.0 Å². The zero-order chi connectivity index (χ0) is 14.8. The van der Waals surface area contributed by atoms with E-state index < -0.39 is 0 Å². The molecule has 1 aliphatic carbocycles. The molecule has 1 fully saturated rings. The molecular formula is C15H23N3O2. The van der Waals surface area contributed by atoms with E-state index in [-0.39, 0.29) is 17.6 Å². The average molecular weight is 277 g/mol. The largest absolute Gasteiger partial charge is 0.392 e. The van der Waals surface area contributed by atoms with Gasteiger partial charge >= 0.3 is 0 Å². The highest BCUT2D eigenvalue weighted by atomic mass is 16.5. The van der Waals surface area contributed by atoms with Gasteiger partial charge in [0, 0.05) is 23.8 Å². The molecule has 5 nitrogen and oxygen atoms in total. The van der Waals surface area contributed by atoms with Crippen LogP contribution in [0.5, 0.6) is 0 Å². The zero-order valence-corrected chi connectivity index (χ0v) is 12.3. The first-order valence-corrected chi connectivity index (χ1v) is 6.80. The smallest absolute Gasteiger partial charge is 0.193 e. The van der Waals surface area contributed by atoms with Crippen LogP contribution in [0.1, 0.15) is 25.8 Å². The predicted molar refractivity (Wildman–Crippen MR) is 80.6 cm³/mol. The molecule has 2 unspecified atom stereocenters. The molecule has 5 heteroatoms. The van der Waals surface area contributed by atoms with Gasteiger partial charge in [-0.05, 0) is 12.5 Å². The first-order valence-electron chi connectivity index (χ1n) is 6.80. The maximum absolute atomic E-state index is 9.72. The maximum atomic E-state index is 9.72. The molecule has 0 bridgehead atoms. The van der Waals surface area contributed by atoms with Crippen LogP contribution in [0.3, 0.4) is 0 Å². The van der Waals surface area contributed by atoms with E-state index in [1.807, 2.05) is 38.1 Å². The molecule has 1 aromatic rings. The first kappa shape index (κ1) is 14.8. The Kier molecular flexibility index (Phi) is 4.30. The number of hydrogen-bond acceptors (Lipinski definition) is 3. The molecule has 0 spiro atoms. The molecule has 4 N–H and O–H groups in total. The van der Waals surface area contributed by atoms with Crippen LogP contribution in [-0.4, -0.2) is 30.3 Å². The molecule has 0 saturated heterocycles. The Morgan fingerprint density at radius 2 is 2.20 bits per heavy atom. The van der Waals surface area contributed by atoms with Crippen molar-refractivity contribution in [2.45, 2.75) is 39.0 Å². The number of rotatable bonds is 4. The Bertz CT molecular complexity index is 500. The summed E-state index contributed by atoms with van der Waals surface area (Å²) in [6.45, 7) is 4.52. The minimum Gasteiger partial charge on any atom is -0.392 e. The Labute approximate surface area is 119 Å². The van der Waals surface area contributed by atoms with Gasteiger partial charge in [0.2, 0.25) is 0 Å². The van der Waals surface area contributed by atoms with Crippen LogP contribution in [0.4, 0.5) is 5.69 Å². The van der Waals surface area contributed by atoms with Crippen molar-refractivity contribution in [3.05, 3.63) is 29.8 Å². The van der Waals surface area contributed by atoms with E-state index in [4.69, 9.17) is 10.5 Å². The van der Waals surface area contributed by atoms with E-state index in [9.17, 15) is 5.11 Å². The number of guanidine groups is 1. The number of anilines is 1. The Morgan fingerprint density at radius 3 is 2.80 bits per heavy atom. The minimum absolute atomic E-state index is 0.0552. The molecule has 2 atom stereocenters. The summed E-state index contributed by atoms with van der Waals surface area (Å²) >= 11 is 0. The lowest BCUT2D eigenvalue weighted by molar-refractivity contribution is -0.0576. The number of nitrogens with two attached hydrogens (primary N) is 1. The van der Waals surface area contributed by atoms with Gasteiger partial charge in [0.15, 0.2) is 5.96 Å². The third kappa shape index (κ3) is 2.94. The van der Waals surface area contributed by atoms with Crippen molar-refractivity contribution < 1.29 is 9.84 Å². The SMILES string of the molecule is COCc1ccccc1NC(N)=NC1CC(O)C1(C)C. The summed E-state index contributed by atoms with van der Waals surface area (Å²) < 4.78 is 5.16. The number of aliphatic hydroxyl groups is 1. The third-order valence-corrected chi connectivity index (χ3v) is 4.04. The lowest BCUT2D eigenvalue weighted by Crippen LogP contribution is -2.53. The molecule has 1 saturated carbocycles. The van der Waals surface area contributed by atoms with Crippen LogP contribution in [0.15, 0.2) is 29.3 Å². The molecule has 0 radical (unpaired) electrons. The molecular weight excluding hydrogens is 254 g/mol. The maximum Gasteiger partial charge on any atom is 0.193 e. The Hall–Kier alpha value is -1.59.